The van der Waals surface area contributed by atoms with E-state index in [1.165, 1.54) is 11.1 Å². The van der Waals surface area contributed by atoms with E-state index in [1.807, 2.05) is 11.9 Å². The molecule has 3 atom stereocenters. The zero-order chi connectivity index (χ0) is 26.5. The van der Waals surface area contributed by atoms with E-state index in [0.29, 0.717) is 54.4 Å². The fourth-order valence-electron chi connectivity index (χ4n) is 4.34. The number of hydrogen-bond donors (Lipinski definition) is 3. The van der Waals surface area contributed by atoms with E-state index in [2.05, 4.69) is 26.7 Å². The summed E-state index contributed by atoms with van der Waals surface area (Å²) in [7, 11) is 5.18. The highest BCUT2D eigenvalue weighted by Crippen LogP contribution is 2.29. The Morgan fingerprint density at radius 2 is 2.19 bits per heavy atom. The van der Waals surface area contributed by atoms with Crippen LogP contribution in [0.5, 0.6) is 0 Å². The molecule has 2 aromatic heterocycles. The maximum absolute atomic E-state index is 12.3. The molecule has 2 aromatic rings. The van der Waals surface area contributed by atoms with Crippen molar-refractivity contribution in [1.82, 2.24) is 19.8 Å². The minimum Gasteiger partial charge on any atom is -0.379 e. The highest BCUT2D eigenvalue weighted by molar-refractivity contribution is 5.80. The van der Waals surface area contributed by atoms with E-state index in [0.717, 1.165) is 19.4 Å². The molecule has 2 fully saturated rings. The monoisotopic (exact) mass is 508 g/mol. The third-order valence-electron chi connectivity index (χ3n) is 6.86. The first kappa shape index (κ1) is 26.3. The summed E-state index contributed by atoms with van der Waals surface area (Å²) in [6.45, 7) is 1.99. The van der Waals surface area contributed by atoms with Gasteiger partial charge in [0.15, 0.2) is 6.29 Å². The first-order valence-electron chi connectivity index (χ1n) is 12.1. The molecule has 37 heavy (non-hydrogen) atoms. The van der Waals surface area contributed by atoms with Crippen LogP contribution in [0.3, 0.4) is 0 Å². The Labute approximate surface area is 215 Å². The third kappa shape index (κ3) is 5.96. The van der Waals surface area contributed by atoms with Crippen LogP contribution in [0.2, 0.25) is 0 Å². The maximum Gasteiger partial charge on any atom is 0.237 e. The Kier molecular flexibility index (Phi) is 8.17. The first-order chi connectivity index (χ1) is 17.8. The van der Waals surface area contributed by atoms with Gasteiger partial charge in [-0.1, -0.05) is 6.07 Å². The summed E-state index contributed by atoms with van der Waals surface area (Å²) < 4.78 is 5.42. The highest BCUT2D eigenvalue weighted by Gasteiger charge is 2.31. The average Bonchev–Trinajstić information content (AvgIpc) is 2.88. The van der Waals surface area contributed by atoms with Gasteiger partial charge in [-0.05, 0) is 26.0 Å². The minimum absolute atomic E-state index is 0.00485. The third-order valence-corrected chi connectivity index (χ3v) is 6.86. The van der Waals surface area contributed by atoms with E-state index in [1.54, 1.807) is 37.3 Å². The summed E-state index contributed by atoms with van der Waals surface area (Å²) in [6, 6.07) is 7.33. The van der Waals surface area contributed by atoms with E-state index in [9.17, 15) is 20.0 Å². The number of hydrogen-bond acceptors (Lipinski definition) is 11. The number of aliphatic hydroxyl groups excluding tert-OH is 1. The Morgan fingerprint density at radius 3 is 2.84 bits per heavy atom. The van der Waals surface area contributed by atoms with Crippen molar-refractivity contribution < 1.29 is 19.4 Å². The minimum atomic E-state index is -1.22. The number of piperazine rings is 1. The van der Waals surface area contributed by atoms with Crippen LogP contribution in [-0.4, -0.2) is 96.4 Å². The van der Waals surface area contributed by atoms with Crippen molar-refractivity contribution in [1.29, 1.82) is 5.26 Å². The normalized spacial score (nSPS) is 20.5. The lowest BCUT2D eigenvalue weighted by atomic mass is 9.88. The van der Waals surface area contributed by atoms with Gasteiger partial charge < -0.3 is 30.3 Å². The molecule has 4 rings (SSSR count). The topological polar surface area (TPSA) is 147 Å². The lowest BCUT2D eigenvalue weighted by molar-refractivity contribution is -0.136. The summed E-state index contributed by atoms with van der Waals surface area (Å²) >= 11 is 0. The van der Waals surface area contributed by atoms with E-state index in [4.69, 9.17) is 4.74 Å². The standard InChI is InChI=1S/C25H32N8O4/c1-31-8-9-33(24(35)14-31)13-16-4-7-23(29-20(16)15-34)32(2)25(36)30-22-10-19(17(11-26)12-27-22)28-18-5-6-21(18)37-3/h4,7,10,12,15,18,21,25,36H,5-6,8-9,13-14H2,1-3H3,(H2,27,28,30). The van der Waals surface area contributed by atoms with Crippen LogP contribution in [0, 0.1) is 11.3 Å². The van der Waals surface area contributed by atoms with Crippen LogP contribution in [0.25, 0.3) is 0 Å². The van der Waals surface area contributed by atoms with Crippen LogP contribution in [-0.2, 0) is 16.1 Å². The van der Waals surface area contributed by atoms with Gasteiger partial charge in [-0.25, -0.2) is 9.97 Å². The van der Waals surface area contributed by atoms with Gasteiger partial charge in [0.05, 0.1) is 29.9 Å². The molecular formula is C25H32N8O4. The number of aliphatic hydroxyl groups is 1. The van der Waals surface area contributed by atoms with Crippen LogP contribution in [0.4, 0.5) is 17.3 Å². The number of aromatic nitrogens is 2. The van der Waals surface area contributed by atoms with Crippen molar-refractivity contribution >= 4 is 29.5 Å². The van der Waals surface area contributed by atoms with Crippen molar-refractivity contribution in [3.63, 3.8) is 0 Å². The van der Waals surface area contributed by atoms with E-state index >= 15 is 0 Å². The SMILES string of the molecule is COC1CCC1Nc1cc(NC(O)N(C)c2ccc(CN3CCN(C)CC3=O)c(C=O)n2)ncc1C#N. The molecule has 0 aromatic carbocycles. The van der Waals surface area contributed by atoms with Crippen LogP contribution >= 0.6 is 0 Å². The smallest absolute Gasteiger partial charge is 0.237 e. The summed E-state index contributed by atoms with van der Waals surface area (Å²) in [5.74, 6) is 0.722. The summed E-state index contributed by atoms with van der Waals surface area (Å²) in [6.07, 6.45) is 2.85. The molecule has 1 saturated carbocycles. The Hall–Kier alpha value is -3.79. The molecule has 3 N–H and O–H groups in total. The molecule has 0 radical (unpaired) electrons. The molecule has 1 saturated heterocycles. The summed E-state index contributed by atoms with van der Waals surface area (Å²) in [5.41, 5.74) is 1.84. The Morgan fingerprint density at radius 1 is 1.38 bits per heavy atom. The van der Waals surface area contributed by atoms with Gasteiger partial charge in [0.1, 0.15) is 23.4 Å². The largest absolute Gasteiger partial charge is 0.379 e. The second-order valence-corrected chi connectivity index (χ2v) is 9.34. The molecule has 0 bridgehead atoms. The number of carbonyl (C=O) groups is 2. The number of anilines is 3. The molecule has 0 spiro atoms. The predicted octanol–water partition coefficient (Wildman–Crippen LogP) is 0.848. The number of nitrogens with zero attached hydrogens (tertiary/aromatic N) is 6. The number of aldehydes is 1. The Bertz CT molecular complexity index is 1180. The van der Waals surface area contributed by atoms with Gasteiger partial charge >= 0.3 is 0 Å². The van der Waals surface area contributed by atoms with E-state index in [-0.39, 0.29) is 23.7 Å². The highest BCUT2D eigenvalue weighted by atomic mass is 16.5. The number of pyridine rings is 2. The van der Waals surface area contributed by atoms with Crippen molar-refractivity contribution in [3.8, 4) is 6.07 Å². The molecule has 196 valence electrons. The lowest BCUT2D eigenvalue weighted by Crippen LogP contribution is -2.48. The molecular weight excluding hydrogens is 476 g/mol. The zero-order valence-electron chi connectivity index (χ0n) is 21.2. The maximum atomic E-state index is 12.3. The predicted molar refractivity (Wildman–Crippen MR) is 137 cm³/mol. The van der Waals surface area contributed by atoms with Gasteiger partial charge in [0.25, 0.3) is 0 Å². The van der Waals surface area contributed by atoms with Crippen molar-refractivity contribution in [2.24, 2.45) is 0 Å². The molecule has 1 amide bonds. The van der Waals surface area contributed by atoms with Gasteiger partial charge in [0, 0.05) is 51.6 Å². The van der Waals surface area contributed by atoms with Crippen LogP contribution < -0.4 is 15.5 Å². The van der Waals surface area contributed by atoms with Crippen LogP contribution in [0.1, 0.15) is 34.5 Å². The van der Waals surface area contributed by atoms with Crippen LogP contribution in [0.15, 0.2) is 24.4 Å². The zero-order valence-corrected chi connectivity index (χ0v) is 21.2. The number of nitriles is 1. The number of carbonyl (C=O) groups excluding carboxylic acids is 2. The van der Waals surface area contributed by atoms with Gasteiger partial charge in [0.2, 0.25) is 12.3 Å². The van der Waals surface area contributed by atoms with Crippen molar-refractivity contribution in [3.05, 3.63) is 41.2 Å². The molecule has 1 aliphatic carbocycles. The number of amides is 1. The number of nitrogens with one attached hydrogen (secondary N) is 2. The number of likely N-dealkylation sites (N-methyl/N-ethyl adjacent to an activating group) is 1. The number of ether oxygens (including phenoxy) is 1. The Balaban J connectivity index is 1.44. The van der Waals surface area contributed by atoms with Crippen molar-refractivity contribution in [2.45, 2.75) is 37.9 Å². The number of rotatable bonds is 10. The van der Waals surface area contributed by atoms with E-state index < -0.39 is 6.35 Å². The van der Waals surface area contributed by atoms with Gasteiger partial charge in [-0.3, -0.25) is 14.5 Å². The molecule has 3 heterocycles. The number of methoxy groups -OCH3 is 1. The lowest BCUT2D eigenvalue weighted by Gasteiger charge is -2.36. The molecule has 2 aliphatic rings. The van der Waals surface area contributed by atoms with Gasteiger partial charge in [-0.2, -0.15) is 5.26 Å². The fourth-order valence-corrected chi connectivity index (χ4v) is 4.34. The second-order valence-electron chi connectivity index (χ2n) is 9.34. The fraction of sp³-hybridized carbons (Fsp3) is 0.480. The second kappa shape index (κ2) is 11.5. The quantitative estimate of drug-likeness (QED) is 0.310. The molecule has 1 aliphatic heterocycles. The molecule has 3 unspecified atom stereocenters. The van der Waals surface area contributed by atoms with Gasteiger partial charge in [-0.15, -0.1) is 0 Å². The molecule has 12 heteroatoms. The summed E-state index contributed by atoms with van der Waals surface area (Å²) in [4.78, 5) is 37.8. The summed E-state index contributed by atoms with van der Waals surface area (Å²) in [5, 5.41) is 26.5. The van der Waals surface area contributed by atoms with Crippen molar-refractivity contribution in [2.75, 3.05) is 56.4 Å². The molecule has 12 nitrogen and oxygen atoms in total. The average molecular weight is 509 g/mol. The first-order valence-corrected chi connectivity index (χ1v) is 12.1.